The number of nitrogens with zero attached hydrogens (tertiary/aromatic N) is 4. The van der Waals surface area contributed by atoms with Gasteiger partial charge in [-0.2, -0.15) is 13.2 Å². The van der Waals surface area contributed by atoms with E-state index in [0.717, 1.165) is 17.8 Å². The Labute approximate surface area is 123 Å². The Hall–Kier alpha value is -1.61. The van der Waals surface area contributed by atoms with Crippen molar-refractivity contribution in [2.24, 2.45) is 7.05 Å². The lowest BCUT2D eigenvalue weighted by Gasteiger charge is -2.14. The zero-order valence-electron chi connectivity index (χ0n) is 11.5. The quantitative estimate of drug-likeness (QED) is 0.918. The van der Waals surface area contributed by atoms with Crippen molar-refractivity contribution in [3.05, 3.63) is 29.3 Å². The molecule has 5 nitrogen and oxygen atoms in total. The van der Waals surface area contributed by atoms with Crippen molar-refractivity contribution < 1.29 is 13.2 Å². The molecule has 0 aliphatic heterocycles. The normalized spacial score (nSPS) is 11.9. The highest BCUT2D eigenvalue weighted by Gasteiger charge is 2.34. The minimum absolute atomic E-state index is 0.0839. The van der Waals surface area contributed by atoms with Crippen LogP contribution in [-0.2, 0) is 19.8 Å². The molecule has 0 unspecified atom stereocenters. The number of benzene rings is 1. The monoisotopic (exact) mass is 317 g/mol. The van der Waals surface area contributed by atoms with Gasteiger partial charge in [-0.25, -0.2) is 4.68 Å². The Morgan fingerprint density at radius 3 is 2.67 bits per heavy atom. The Balaban J connectivity index is 2.33. The van der Waals surface area contributed by atoms with Gasteiger partial charge >= 0.3 is 6.18 Å². The van der Waals surface area contributed by atoms with Crippen molar-refractivity contribution in [3.8, 4) is 0 Å². The first kappa shape index (κ1) is 15.8. The molecular formula is C12H14F3N5S. The van der Waals surface area contributed by atoms with Crippen molar-refractivity contribution in [1.29, 1.82) is 0 Å². The number of tetrazole rings is 1. The van der Waals surface area contributed by atoms with Gasteiger partial charge in [0.15, 0.2) is 0 Å². The van der Waals surface area contributed by atoms with Gasteiger partial charge in [0.2, 0.25) is 5.16 Å². The molecule has 21 heavy (non-hydrogen) atoms. The van der Waals surface area contributed by atoms with Gasteiger partial charge in [0.1, 0.15) is 0 Å². The number of halogens is 3. The first-order valence-corrected chi connectivity index (χ1v) is 7.04. The summed E-state index contributed by atoms with van der Waals surface area (Å²) in [6, 6.07) is 4.29. The Morgan fingerprint density at radius 1 is 1.33 bits per heavy atom. The van der Waals surface area contributed by atoms with Gasteiger partial charge in [-0.15, -0.1) is 5.10 Å². The largest absolute Gasteiger partial charge is 0.417 e. The van der Waals surface area contributed by atoms with Gasteiger partial charge in [-0.1, -0.05) is 13.0 Å². The Kier molecular flexibility index (Phi) is 4.84. The lowest BCUT2D eigenvalue weighted by molar-refractivity contribution is -0.139. The fourth-order valence-corrected chi connectivity index (χ4v) is 2.54. The molecule has 0 spiro atoms. The standard InChI is InChI=1S/C12H14F3N5S/c1-3-16-7-8-4-5-10(9(6-8)12(13,14)15)21-11-17-18-19-20(11)2/h4-6,16H,3,7H2,1-2H3. The van der Waals surface area contributed by atoms with E-state index >= 15 is 0 Å². The molecule has 0 saturated heterocycles. The number of aryl methyl sites for hydroxylation is 1. The zero-order valence-corrected chi connectivity index (χ0v) is 12.3. The molecule has 1 heterocycles. The van der Waals surface area contributed by atoms with E-state index in [1.807, 2.05) is 6.92 Å². The van der Waals surface area contributed by atoms with E-state index in [4.69, 9.17) is 0 Å². The summed E-state index contributed by atoms with van der Waals surface area (Å²) in [4.78, 5) is 0.0839. The summed E-state index contributed by atoms with van der Waals surface area (Å²) in [5.74, 6) is 0. The molecule has 1 aromatic heterocycles. The summed E-state index contributed by atoms with van der Waals surface area (Å²) in [6.07, 6.45) is -4.42. The van der Waals surface area contributed by atoms with E-state index in [1.165, 1.54) is 10.7 Å². The summed E-state index contributed by atoms with van der Waals surface area (Å²) in [5, 5.41) is 14.0. The average molecular weight is 317 g/mol. The molecule has 0 amide bonds. The van der Waals surface area contributed by atoms with Crippen LogP contribution in [0.2, 0.25) is 0 Å². The lowest BCUT2D eigenvalue weighted by Crippen LogP contribution is -2.14. The van der Waals surface area contributed by atoms with E-state index in [2.05, 4.69) is 20.8 Å². The van der Waals surface area contributed by atoms with Crippen molar-refractivity contribution in [2.45, 2.75) is 29.7 Å². The van der Waals surface area contributed by atoms with Crippen LogP contribution in [0, 0.1) is 0 Å². The third-order valence-corrected chi connectivity index (χ3v) is 3.82. The third kappa shape index (κ3) is 3.94. The second-order valence-corrected chi connectivity index (χ2v) is 5.30. The number of hydrogen-bond acceptors (Lipinski definition) is 5. The second-order valence-electron chi connectivity index (χ2n) is 4.30. The number of nitrogens with one attached hydrogen (secondary N) is 1. The lowest BCUT2D eigenvalue weighted by atomic mass is 10.1. The van der Waals surface area contributed by atoms with Crippen LogP contribution in [0.15, 0.2) is 28.3 Å². The minimum Gasteiger partial charge on any atom is -0.313 e. The smallest absolute Gasteiger partial charge is 0.313 e. The molecule has 0 bridgehead atoms. The molecule has 0 aliphatic rings. The summed E-state index contributed by atoms with van der Waals surface area (Å²) >= 11 is 0.893. The third-order valence-electron chi connectivity index (χ3n) is 2.71. The molecule has 1 aromatic carbocycles. The SMILES string of the molecule is CCNCc1ccc(Sc2nnnn2C)c(C(F)(F)F)c1. The van der Waals surface area contributed by atoms with Crippen LogP contribution in [-0.4, -0.2) is 26.8 Å². The highest BCUT2D eigenvalue weighted by atomic mass is 32.2. The molecule has 9 heteroatoms. The summed E-state index contributed by atoms with van der Waals surface area (Å²) in [6.45, 7) is 2.99. The minimum atomic E-state index is -4.42. The van der Waals surface area contributed by atoms with Crippen molar-refractivity contribution in [1.82, 2.24) is 25.5 Å². The van der Waals surface area contributed by atoms with E-state index < -0.39 is 11.7 Å². The van der Waals surface area contributed by atoms with Gasteiger partial charge in [0, 0.05) is 18.5 Å². The molecule has 0 fully saturated rings. The van der Waals surface area contributed by atoms with E-state index in [9.17, 15) is 13.2 Å². The van der Waals surface area contributed by atoms with E-state index in [1.54, 1.807) is 13.1 Å². The van der Waals surface area contributed by atoms with Crippen LogP contribution in [0.1, 0.15) is 18.1 Å². The second kappa shape index (κ2) is 6.44. The zero-order chi connectivity index (χ0) is 15.5. The van der Waals surface area contributed by atoms with Crippen LogP contribution in [0.25, 0.3) is 0 Å². The van der Waals surface area contributed by atoms with Gasteiger partial charge in [0.25, 0.3) is 0 Å². The highest BCUT2D eigenvalue weighted by Crippen LogP contribution is 2.39. The Morgan fingerprint density at radius 2 is 2.10 bits per heavy atom. The van der Waals surface area contributed by atoms with Gasteiger partial charge in [0.05, 0.1) is 5.56 Å². The van der Waals surface area contributed by atoms with Crippen molar-refractivity contribution in [3.63, 3.8) is 0 Å². The summed E-state index contributed by atoms with van der Waals surface area (Å²) < 4.78 is 40.9. The van der Waals surface area contributed by atoms with Crippen LogP contribution in [0.3, 0.4) is 0 Å². The van der Waals surface area contributed by atoms with Gasteiger partial charge in [-0.05, 0) is 46.4 Å². The fourth-order valence-electron chi connectivity index (χ4n) is 1.67. The first-order valence-electron chi connectivity index (χ1n) is 6.23. The number of aromatic nitrogens is 4. The predicted molar refractivity (Wildman–Crippen MR) is 71.7 cm³/mol. The molecule has 2 aromatic rings. The first-order chi connectivity index (χ1) is 9.91. The maximum absolute atomic E-state index is 13.2. The topological polar surface area (TPSA) is 55.6 Å². The van der Waals surface area contributed by atoms with Crippen LogP contribution in [0.4, 0.5) is 13.2 Å². The average Bonchev–Trinajstić information content (AvgIpc) is 2.82. The number of alkyl halides is 3. The van der Waals surface area contributed by atoms with Crippen molar-refractivity contribution >= 4 is 11.8 Å². The van der Waals surface area contributed by atoms with Crippen LogP contribution in [0.5, 0.6) is 0 Å². The van der Waals surface area contributed by atoms with Crippen LogP contribution >= 0.6 is 11.8 Å². The number of rotatable bonds is 5. The number of hydrogen-bond donors (Lipinski definition) is 1. The summed E-state index contributed by atoms with van der Waals surface area (Å²) in [5.41, 5.74) is -0.0875. The summed E-state index contributed by atoms with van der Waals surface area (Å²) in [7, 11) is 1.58. The molecule has 0 radical (unpaired) electrons. The molecule has 2 rings (SSSR count). The maximum atomic E-state index is 13.2. The fraction of sp³-hybridized carbons (Fsp3) is 0.417. The van der Waals surface area contributed by atoms with Crippen LogP contribution < -0.4 is 5.32 Å². The predicted octanol–water partition coefficient (Wildman–Crippen LogP) is 2.49. The van der Waals surface area contributed by atoms with Gasteiger partial charge < -0.3 is 5.32 Å². The van der Waals surface area contributed by atoms with E-state index in [0.29, 0.717) is 23.8 Å². The van der Waals surface area contributed by atoms with E-state index in [-0.39, 0.29) is 4.90 Å². The molecule has 0 saturated carbocycles. The molecular weight excluding hydrogens is 303 g/mol. The molecule has 0 atom stereocenters. The molecule has 114 valence electrons. The van der Waals surface area contributed by atoms with Crippen molar-refractivity contribution in [2.75, 3.05) is 6.54 Å². The van der Waals surface area contributed by atoms with Gasteiger partial charge in [-0.3, -0.25) is 0 Å². The molecule has 1 N–H and O–H groups in total. The maximum Gasteiger partial charge on any atom is 0.417 e. The Bertz CT molecular complexity index is 611. The molecule has 0 aliphatic carbocycles. The highest BCUT2D eigenvalue weighted by molar-refractivity contribution is 7.99.